The summed E-state index contributed by atoms with van der Waals surface area (Å²) in [5.74, 6) is 0.288. The summed E-state index contributed by atoms with van der Waals surface area (Å²) in [7, 11) is 0. The molecule has 3 aromatic rings. The van der Waals surface area contributed by atoms with E-state index in [0.717, 1.165) is 39.0 Å². The minimum Gasteiger partial charge on any atom is -0.343 e. The van der Waals surface area contributed by atoms with Gasteiger partial charge in [0, 0.05) is 27.3 Å². The van der Waals surface area contributed by atoms with Crippen LogP contribution in [0, 0.1) is 6.92 Å². The second kappa shape index (κ2) is 10.2. The lowest BCUT2D eigenvalue weighted by Crippen LogP contribution is -2.33. The van der Waals surface area contributed by atoms with Crippen molar-refractivity contribution in [2.75, 3.05) is 11.9 Å². The summed E-state index contributed by atoms with van der Waals surface area (Å²) in [5.41, 5.74) is 3.44. The zero-order chi connectivity index (χ0) is 20.6. The van der Waals surface area contributed by atoms with E-state index in [1.165, 1.54) is 0 Å². The molecule has 5 nitrogen and oxygen atoms in total. The van der Waals surface area contributed by atoms with Crippen LogP contribution in [0.25, 0.3) is 0 Å². The second-order valence-corrected chi connectivity index (χ2v) is 8.52. The van der Waals surface area contributed by atoms with Crippen molar-refractivity contribution >= 4 is 40.6 Å². The summed E-state index contributed by atoms with van der Waals surface area (Å²) in [6.45, 7) is 3.96. The van der Waals surface area contributed by atoms with Gasteiger partial charge >= 0.3 is 0 Å². The van der Waals surface area contributed by atoms with Crippen LogP contribution in [0.4, 0.5) is 5.69 Å². The van der Waals surface area contributed by atoms with Gasteiger partial charge in [0.15, 0.2) is 0 Å². The van der Waals surface area contributed by atoms with Crippen LogP contribution in [-0.2, 0) is 17.0 Å². The molecule has 3 rings (SSSR count). The van der Waals surface area contributed by atoms with Crippen LogP contribution in [0.2, 0.25) is 0 Å². The minimum absolute atomic E-state index is 0.0729. The minimum atomic E-state index is -0.268. The van der Waals surface area contributed by atoms with Crippen LogP contribution in [0.1, 0.15) is 33.5 Å². The third-order valence-electron chi connectivity index (χ3n) is 4.25. The first-order chi connectivity index (χ1) is 14.0. The maximum absolute atomic E-state index is 12.3. The molecule has 0 aliphatic carbocycles. The van der Waals surface area contributed by atoms with Crippen molar-refractivity contribution in [3.63, 3.8) is 0 Å². The number of anilines is 1. The van der Waals surface area contributed by atoms with Crippen molar-refractivity contribution < 1.29 is 9.59 Å². The molecule has 150 valence electrons. The monoisotopic (exact) mass is 425 g/mol. The molecule has 0 aliphatic rings. The molecule has 0 spiro atoms. The first-order valence-electron chi connectivity index (χ1n) is 9.35. The molecule has 2 amide bonds. The number of benzene rings is 2. The number of thiazole rings is 1. The molecule has 2 aromatic carbocycles. The van der Waals surface area contributed by atoms with Crippen LogP contribution < -0.4 is 10.6 Å². The highest BCUT2D eigenvalue weighted by atomic mass is 32.2. The Kier molecular flexibility index (Phi) is 7.43. The molecule has 2 N–H and O–H groups in total. The molecule has 29 heavy (non-hydrogen) atoms. The van der Waals surface area contributed by atoms with Gasteiger partial charge < -0.3 is 10.6 Å². The summed E-state index contributed by atoms with van der Waals surface area (Å²) >= 11 is 3.32. The molecule has 0 bridgehead atoms. The van der Waals surface area contributed by atoms with Gasteiger partial charge in [0.2, 0.25) is 5.91 Å². The molecule has 0 radical (unpaired) electrons. The average Bonchev–Trinajstić information content (AvgIpc) is 3.16. The number of carbonyl (C=O) groups excluding carboxylic acids is 2. The lowest BCUT2D eigenvalue weighted by molar-refractivity contribution is -0.115. The summed E-state index contributed by atoms with van der Waals surface area (Å²) < 4.78 is 0. The Morgan fingerprint density at radius 1 is 1.10 bits per heavy atom. The molecule has 0 unspecified atom stereocenters. The Balaban J connectivity index is 1.48. The standard InChI is InChI=1S/C22H23N3O2S2/c1-3-16-6-4-5-7-20(16)25-21(26)12-23-22(27)17-8-10-19(11-9-17)29-14-18-13-28-15(2)24-18/h4-11,13H,3,12,14H2,1-2H3,(H,23,27)(H,25,26). The average molecular weight is 426 g/mol. The molecule has 0 saturated heterocycles. The summed E-state index contributed by atoms with van der Waals surface area (Å²) in [4.78, 5) is 30.0. The highest BCUT2D eigenvalue weighted by Crippen LogP contribution is 2.24. The largest absolute Gasteiger partial charge is 0.343 e. The Morgan fingerprint density at radius 3 is 2.55 bits per heavy atom. The number of nitrogens with zero attached hydrogens (tertiary/aromatic N) is 1. The SMILES string of the molecule is CCc1ccccc1NC(=O)CNC(=O)c1ccc(SCc2csc(C)n2)cc1. The molecular formula is C22H23N3O2S2. The number of amides is 2. The predicted molar refractivity (Wildman–Crippen MR) is 120 cm³/mol. The quantitative estimate of drug-likeness (QED) is 0.514. The molecule has 7 heteroatoms. The summed E-state index contributed by atoms with van der Waals surface area (Å²) in [6.07, 6.45) is 0.829. The fraction of sp³-hybridized carbons (Fsp3) is 0.227. The van der Waals surface area contributed by atoms with Gasteiger partial charge in [0.1, 0.15) is 0 Å². The fourth-order valence-electron chi connectivity index (χ4n) is 2.74. The third kappa shape index (κ3) is 6.17. The number of thioether (sulfide) groups is 1. The molecule has 0 fully saturated rings. The lowest BCUT2D eigenvalue weighted by Gasteiger charge is -2.10. The van der Waals surface area contributed by atoms with E-state index in [-0.39, 0.29) is 18.4 Å². The molecule has 1 aromatic heterocycles. The first-order valence-corrected chi connectivity index (χ1v) is 11.2. The Hall–Kier alpha value is -2.64. The van der Waals surface area contributed by atoms with Crippen molar-refractivity contribution in [2.24, 2.45) is 0 Å². The van der Waals surface area contributed by atoms with Gasteiger partial charge in [-0.1, -0.05) is 25.1 Å². The Morgan fingerprint density at radius 2 is 1.86 bits per heavy atom. The van der Waals surface area contributed by atoms with Crippen LogP contribution in [0.5, 0.6) is 0 Å². The van der Waals surface area contributed by atoms with Gasteiger partial charge in [0.25, 0.3) is 5.91 Å². The van der Waals surface area contributed by atoms with Crippen molar-refractivity contribution in [3.8, 4) is 0 Å². The fourth-order valence-corrected chi connectivity index (χ4v) is 4.25. The number of rotatable bonds is 8. The maximum atomic E-state index is 12.3. The van der Waals surface area contributed by atoms with Crippen LogP contribution in [-0.4, -0.2) is 23.3 Å². The van der Waals surface area contributed by atoms with Crippen molar-refractivity contribution in [3.05, 3.63) is 75.7 Å². The topological polar surface area (TPSA) is 71.1 Å². The molecule has 0 aliphatic heterocycles. The van der Waals surface area contributed by atoms with Gasteiger partial charge in [-0.2, -0.15) is 0 Å². The predicted octanol–water partition coefficient (Wildman–Crippen LogP) is 4.67. The number of hydrogen-bond donors (Lipinski definition) is 2. The second-order valence-electron chi connectivity index (χ2n) is 6.41. The highest BCUT2D eigenvalue weighted by molar-refractivity contribution is 7.98. The van der Waals surface area contributed by atoms with Gasteiger partial charge in [-0.15, -0.1) is 23.1 Å². The summed E-state index contributed by atoms with van der Waals surface area (Å²) in [6, 6.07) is 15.0. The number of para-hydroxylation sites is 1. The van der Waals surface area contributed by atoms with E-state index in [9.17, 15) is 9.59 Å². The smallest absolute Gasteiger partial charge is 0.251 e. The lowest BCUT2D eigenvalue weighted by atomic mass is 10.1. The number of nitrogens with one attached hydrogen (secondary N) is 2. The number of aryl methyl sites for hydroxylation is 2. The number of aromatic nitrogens is 1. The number of carbonyl (C=O) groups is 2. The maximum Gasteiger partial charge on any atom is 0.251 e. The van der Waals surface area contributed by atoms with Crippen LogP contribution >= 0.6 is 23.1 Å². The zero-order valence-corrected chi connectivity index (χ0v) is 18.0. The van der Waals surface area contributed by atoms with Gasteiger partial charge in [0.05, 0.1) is 17.2 Å². The zero-order valence-electron chi connectivity index (χ0n) is 16.4. The van der Waals surface area contributed by atoms with Crippen LogP contribution in [0.15, 0.2) is 58.8 Å². The van der Waals surface area contributed by atoms with Crippen molar-refractivity contribution in [1.82, 2.24) is 10.3 Å². The molecular weight excluding hydrogens is 402 g/mol. The van der Waals surface area contributed by atoms with Gasteiger partial charge in [-0.05, 0) is 49.2 Å². The third-order valence-corrected chi connectivity index (χ3v) is 6.12. The van der Waals surface area contributed by atoms with E-state index in [1.54, 1.807) is 35.2 Å². The van der Waals surface area contributed by atoms with Crippen molar-refractivity contribution in [2.45, 2.75) is 30.9 Å². The van der Waals surface area contributed by atoms with Crippen molar-refractivity contribution in [1.29, 1.82) is 0 Å². The van der Waals surface area contributed by atoms with E-state index in [4.69, 9.17) is 0 Å². The number of hydrogen-bond acceptors (Lipinski definition) is 5. The van der Waals surface area contributed by atoms with E-state index >= 15 is 0 Å². The summed E-state index contributed by atoms with van der Waals surface area (Å²) in [5, 5.41) is 8.65. The normalized spacial score (nSPS) is 10.6. The van der Waals surface area contributed by atoms with Gasteiger partial charge in [-0.25, -0.2) is 4.98 Å². The Labute approximate surface area is 179 Å². The van der Waals surface area contributed by atoms with Crippen LogP contribution in [0.3, 0.4) is 0 Å². The molecule has 1 heterocycles. The molecule has 0 saturated carbocycles. The first kappa shape index (κ1) is 21.1. The van der Waals surface area contributed by atoms with Gasteiger partial charge in [-0.3, -0.25) is 9.59 Å². The Bertz CT molecular complexity index is 984. The van der Waals surface area contributed by atoms with E-state index in [2.05, 4.69) is 21.0 Å². The van der Waals surface area contributed by atoms with E-state index in [0.29, 0.717) is 5.56 Å². The highest BCUT2D eigenvalue weighted by Gasteiger charge is 2.10. The molecule has 0 atom stereocenters. The van der Waals surface area contributed by atoms with E-state index < -0.39 is 0 Å². The van der Waals surface area contributed by atoms with E-state index in [1.807, 2.05) is 50.2 Å².